The van der Waals surface area contributed by atoms with E-state index in [4.69, 9.17) is 14.3 Å². The second-order valence-corrected chi connectivity index (χ2v) is 6.26. The number of hydrazone groups is 1. The average Bonchev–Trinajstić information content (AvgIpc) is 3.18. The van der Waals surface area contributed by atoms with E-state index in [0.29, 0.717) is 16.9 Å². The van der Waals surface area contributed by atoms with Crippen molar-refractivity contribution in [3.05, 3.63) is 78.1 Å². The van der Waals surface area contributed by atoms with Crippen molar-refractivity contribution in [1.29, 1.82) is 0 Å². The summed E-state index contributed by atoms with van der Waals surface area (Å²) in [6.07, 6.45) is 1.47. The number of carboxylic acids is 1. The van der Waals surface area contributed by atoms with Gasteiger partial charge in [-0.25, -0.2) is 10.2 Å². The minimum atomic E-state index is -1.04. The number of ether oxygens (including phenoxy) is 1. The van der Waals surface area contributed by atoms with Crippen molar-refractivity contribution in [2.24, 2.45) is 5.10 Å². The molecule has 3 aromatic carbocycles. The first-order valence-corrected chi connectivity index (χ1v) is 8.79. The molecule has 0 aliphatic carbocycles. The number of rotatable bonds is 6. The van der Waals surface area contributed by atoms with Gasteiger partial charge in [0, 0.05) is 5.39 Å². The Kier molecular flexibility index (Phi) is 4.94. The summed E-state index contributed by atoms with van der Waals surface area (Å²) in [4.78, 5) is 22.8. The number of fused-ring (bicyclic) bond motifs is 3. The molecule has 0 saturated carbocycles. The van der Waals surface area contributed by atoms with Crippen molar-refractivity contribution in [2.45, 2.75) is 0 Å². The Hall–Kier alpha value is -4.13. The van der Waals surface area contributed by atoms with E-state index in [1.165, 1.54) is 6.21 Å². The van der Waals surface area contributed by atoms with E-state index >= 15 is 0 Å². The highest BCUT2D eigenvalue weighted by atomic mass is 16.5. The zero-order chi connectivity index (χ0) is 20.2. The highest BCUT2D eigenvalue weighted by Gasteiger charge is 2.13. The van der Waals surface area contributed by atoms with Crippen LogP contribution in [0.2, 0.25) is 0 Å². The number of benzene rings is 3. The highest BCUT2D eigenvalue weighted by molar-refractivity contribution is 6.08. The van der Waals surface area contributed by atoms with Gasteiger partial charge in [0.05, 0.1) is 6.21 Å². The molecule has 1 heterocycles. The molecular weight excluding hydrogens is 372 g/mol. The number of amides is 1. The van der Waals surface area contributed by atoms with Crippen LogP contribution in [0.5, 0.6) is 5.75 Å². The quantitative estimate of drug-likeness (QED) is 0.386. The van der Waals surface area contributed by atoms with Gasteiger partial charge in [-0.15, -0.1) is 0 Å². The molecule has 29 heavy (non-hydrogen) atoms. The Morgan fingerprint density at radius 1 is 1.03 bits per heavy atom. The number of carbonyl (C=O) groups excluding carboxylic acids is 1. The summed E-state index contributed by atoms with van der Waals surface area (Å²) >= 11 is 0. The molecule has 2 N–H and O–H groups in total. The first-order valence-electron chi connectivity index (χ1n) is 8.79. The monoisotopic (exact) mass is 388 g/mol. The van der Waals surface area contributed by atoms with Crippen LogP contribution in [0.1, 0.15) is 16.1 Å². The van der Waals surface area contributed by atoms with Gasteiger partial charge in [-0.3, -0.25) is 4.79 Å². The van der Waals surface area contributed by atoms with Gasteiger partial charge in [0.15, 0.2) is 12.4 Å². The van der Waals surface area contributed by atoms with E-state index in [1.807, 2.05) is 36.4 Å². The number of carboxylic acid groups (broad SMARTS) is 1. The van der Waals surface area contributed by atoms with Gasteiger partial charge in [-0.2, -0.15) is 5.10 Å². The number of hydrogen-bond acceptors (Lipinski definition) is 5. The zero-order valence-electron chi connectivity index (χ0n) is 15.2. The molecule has 0 unspecified atom stereocenters. The Morgan fingerprint density at radius 3 is 2.62 bits per heavy atom. The van der Waals surface area contributed by atoms with Gasteiger partial charge >= 0.3 is 11.9 Å². The lowest BCUT2D eigenvalue weighted by atomic mass is 10.1. The van der Waals surface area contributed by atoms with Crippen LogP contribution < -0.4 is 10.2 Å². The fourth-order valence-electron chi connectivity index (χ4n) is 2.92. The number of nitrogens with zero attached hydrogens (tertiary/aromatic N) is 1. The van der Waals surface area contributed by atoms with E-state index in [0.717, 1.165) is 16.2 Å². The first-order chi connectivity index (χ1) is 14.1. The zero-order valence-corrected chi connectivity index (χ0v) is 15.2. The maximum absolute atomic E-state index is 12.3. The molecule has 0 aliphatic rings. The largest absolute Gasteiger partial charge is 0.482 e. The molecule has 0 spiro atoms. The van der Waals surface area contributed by atoms with Crippen molar-refractivity contribution in [1.82, 2.24) is 5.43 Å². The number of nitrogens with one attached hydrogen (secondary N) is 1. The maximum Gasteiger partial charge on any atom is 0.341 e. The summed E-state index contributed by atoms with van der Waals surface area (Å²) in [7, 11) is 0. The van der Waals surface area contributed by atoms with Crippen LogP contribution in [0.4, 0.5) is 0 Å². The van der Waals surface area contributed by atoms with Crippen molar-refractivity contribution in [3.63, 3.8) is 0 Å². The third kappa shape index (κ3) is 4.08. The number of aliphatic carboxylic acids is 1. The summed E-state index contributed by atoms with van der Waals surface area (Å²) < 4.78 is 10.7. The Labute approximate surface area is 165 Å². The van der Waals surface area contributed by atoms with Gasteiger partial charge in [0.25, 0.3) is 0 Å². The molecule has 1 amide bonds. The average molecular weight is 388 g/mol. The number of hydrogen-bond donors (Lipinski definition) is 2. The maximum atomic E-state index is 12.3. The third-order valence-electron chi connectivity index (χ3n) is 4.27. The first kappa shape index (κ1) is 18.2. The van der Waals surface area contributed by atoms with E-state index in [9.17, 15) is 9.59 Å². The molecule has 0 bridgehead atoms. The fourth-order valence-corrected chi connectivity index (χ4v) is 2.92. The Balaban J connectivity index is 1.44. The van der Waals surface area contributed by atoms with Crippen LogP contribution in [0.15, 0.2) is 76.2 Å². The molecule has 4 aromatic rings. The second-order valence-electron chi connectivity index (χ2n) is 6.26. The van der Waals surface area contributed by atoms with E-state index in [2.05, 4.69) is 10.5 Å². The molecule has 7 heteroatoms. The summed E-state index contributed by atoms with van der Waals surface area (Å²) in [6, 6.07) is 20.0. The smallest absolute Gasteiger partial charge is 0.341 e. The Morgan fingerprint density at radius 2 is 1.83 bits per heavy atom. The molecule has 0 saturated heterocycles. The van der Waals surface area contributed by atoms with Crippen LogP contribution in [-0.2, 0) is 4.79 Å². The second kappa shape index (κ2) is 7.85. The van der Waals surface area contributed by atoms with Crippen LogP contribution in [-0.4, -0.2) is 29.8 Å². The van der Waals surface area contributed by atoms with Crippen LogP contribution in [0.3, 0.4) is 0 Å². The lowest BCUT2D eigenvalue weighted by molar-refractivity contribution is -0.139. The molecule has 0 aliphatic heterocycles. The van der Waals surface area contributed by atoms with Gasteiger partial charge in [-0.05, 0) is 52.7 Å². The van der Waals surface area contributed by atoms with Crippen molar-refractivity contribution >= 4 is 39.8 Å². The molecule has 144 valence electrons. The van der Waals surface area contributed by atoms with Gasteiger partial charge in [-0.1, -0.05) is 30.3 Å². The molecule has 1 aromatic heterocycles. The molecular formula is C22H16N2O5. The summed E-state index contributed by atoms with van der Waals surface area (Å²) in [5.74, 6) is -0.895. The van der Waals surface area contributed by atoms with E-state index in [1.54, 1.807) is 30.3 Å². The van der Waals surface area contributed by atoms with E-state index < -0.39 is 18.5 Å². The fraction of sp³-hybridized carbons (Fsp3) is 0.0455. The molecule has 7 nitrogen and oxygen atoms in total. The van der Waals surface area contributed by atoms with Crippen molar-refractivity contribution in [2.75, 3.05) is 6.61 Å². The summed E-state index contributed by atoms with van der Waals surface area (Å²) in [5.41, 5.74) is 3.78. The molecule has 0 atom stereocenters. The Bertz CT molecular complexity index is 1230. The van der Waals surface area contributed by atoms with Crippen molar-refractivity contribution in [3.8, 4) is 5.75 Å². The SMILES string of the molecule is O=C(O)COc1ccc(/C=N/NC(=O)c2cc3c(ccc4ccccc43)o2)cc1. The van der Waals surface area contributed by atoms with Gasteiger partial charge in [0.1, 0.15) is 11.3 Å². The lowest BCUT2D eigenvalue weighted by Crippen LogP contribution is -2.16. The predicted octanol–water partition coefficient (Wildman–Crippen LogP) is 3.81. The van der Waals surface area contributed by atoms with E-state index in [-0.39, 0.29) is 5.76 Å². The van der Waals surface area contributed by atoms with Crippen LogP contribution >= 0.6 is 0 Å². The number of carbonyl (C=O) groups is 2. The molecule has 0 radical (unpaired) electrons. The minimum Gasteiger partial charge on any atom is -0.482 e. The standard InChI is InChI=1S/C22H16N2O5/c25-21(26)13-28-16-8-5-14(6-9-16)12-23-24-22(27)20-11-18-17-4-2-1-3-15(17)7-10-19(18)29-20/h1-12H,13H2,(H,24,27)(H,25,26)/b23-12+. The topological polar surface area (TPSA) is 101 Å². The predicted molar refractivity (Wildman–Crippen MR) is 108 cm³/mol. The number of furan rings is 1. The summed E-state index contributed by atoms with van der Waals surface area (Å²) in [6.45, 7) is -0.406. The minimum absolute atomic E-state index is 0.172. The van der Waals surface area contributed by atoms with Crippen LogP contribution in [0, 0.1) is 0 Å². The van der Waals surface area contributed by atoms with Gasteiger partial charge < -0.3 is 14.3 Å². The van der Waals surface area contributed by atoms with Crippen LogP contribution in [0.25, 0.3) is 21.7 Å². The van der Waals surface area contributed by atoms with Gasteiger partial charge in [0.2, 0.25) is 0 Å². The molecule has 4 rings (SSSR count). The molecule has 0 fully saturated rings. The van der Waals surface area contributed by atoms with Crippen molar-refractivity contribution < 1.29 is 23.8 Å². The third-order valence-corrected chi connectivity index (χ3v) is 4.27. The highest BCUT2D eigenvalue weighted by Crippen LogP contribution is 2.28. The summed E-state index contributed by atoms with van der Waals surface area (Å²) in [5, 5.41) is 15.5. The lowest BCUT2D eigenvalue weighted by Gasteiger charge is -2.02. The normalized spacial score (nSPS) is 11.2.